The SMILES string of the molecule is C1CCCC1.CNc1ccc(-c2nc(-c3sc(C)c4c3CC3C4C3(C)C)no2)cc1. The highest BCUT2D eigenvalue weighted by Crippen LogP contribution is 2.72. The normalized spacial score (nSPS) is 22.8. The third kappa shape index (κ3) is 3.27. The smallest absolute Gasteiger partial charge is 0.258 e. The lowest BCUT2D eigenvalue weighted by Crippen LogP contribution is -1.99. The minimum atomic E-state index is 0.466. The van der Waals surface area contributed by atoms with E-state index in [2.05, 4.69) is 36.2 Å². The van der Waals surface area contributed by atoms with Crippen molar-refractivity contribution in [2.75, 3.05) is 12.4 Å². The van der Waals surface area contributed by atoms with Crippen molar-refractivity contribution in [2.45, 2.75) is 65.2 Å². The molecular formula is C25H31N3OS. The lowest BCUT2D eigenvalue weighted by Gasteiger charge is -2.09. The van der Waals surface area contributed by atoms with Crippen molar-refractivity contribution >= 4 is 17.0 Å². The molecule has 1 N–H and O–H groups in total. The topological polar surface area (TPSA) is 51.0 Å². The van der Waals surface area contributed by atoms with Crippen LogP contribution in [0.4, 0.5) is 5.69 Å². The molecule has 6 rings (SSSR count). The van der Waals surface area contributed by atoms with Crippen molar-refractivity contribution in [1.82, 2.24) is 10.1 Å². The number of hydrogen-bond donors (Lipinski definition) is 1. The largest absolute Gasteiger partial charge is 0.388 e. The Hall–Kier alpha value is -2.14. The first-order valence-corrected chi connectivity index (χ1v) is 12.1. The maximum Gasteiger partial charge on any atom is 0.258 e. The van der Waals surface area contributed by atoms with E-state index < -0.39 is 0 Å². The molecule has 158 valence electrons. The Bertz CT molecular complexity index is 1040. The minimum absolute atomic E-state index is 0.466. The zero-order valence-electron chi connectivity index (χ0n) is 18.4. The van der Waals surface area contributed by atoms with Crippen LogP contribution >= 0.6 is 11.3 Å². The molecule has 2 atom stereocenters. The quantitative estimate of drug-likeness (QED) is 0.492. The molecule has 3 aliphatic carbocycles. The van der Waals surface area contributed by atoms with Gasteiger partial charge in [0.05, 0.1) is 4.88 Å². The summed E-state index contributed by atoms with van der Waals surface area (Å²) in [6.07, 6.45) is 8.66. The van der Waals surface area contributed by atoms with Crippen molar-refractivity contribution in [1.29, 1.82) is 0 Å². The van der Waals surface area contributed by atoms with E-state index in [0.717, 1.165) is 35.3 Å². The van der Waals surface area contributed by atoms with Crippen LogP contribution in [0.5, 0.6) is 0 Å². The summed E-state index contributed by atoms with van der Waals surface area (Å²) in [5, 5.41) is 7.40. The average Bonchev–Trinajstić information content (AvgIpc) is 3.42. The van der Waals surface area contributed by atoms with Crippen LogP contribution in [-0.2, 0) is 6.42 Å². The Morgan fingerprint density at radius 1 is 1.07 bits per heavy atom. The first-order chi connectivity index (χ1) is 14.5. The molecule has 3 aliphatic rings. The Morgan fingerprint density at radius 2 is 1.73 bits per heavy atom. The van der Waals surface area contributed by atoms with E-state index in [1.165, 1.54) is 47.4 Å². The monoisotopic (exact) mass is 421 g/mol. The number of nitrogens with one attached hydrogen (secondary N) is 1. The molecule has 2 aromatic heterocycles. The molecule has 2 fully saturated rings. The van der Waals surface area contributed by atoms with Crippen molar-refractivity contribution < 1.29 is 4.52 Å². The van der Waals surface area contributed by atoms with Gasteiger partial charge in [-0.3, -0.25) is 0 Å². The van der Waals surface area contributed by atoms with Crippen LogP contribution in [0.2, 0.25) is 0 Å². The summed E-state index contributed by atoms with van der Waals surface area (Å²) in [4.78, 5) is 7.32. The molecular weight excluding hydrogens is 390 g/mol. The molecule has 30 heavy (non-hydrogen) atoms. The van der Waals surface area contributed by atoms with Crippen LogP contribution in [0, 0.1) is 18.3 Å². The van der Waals surface area contributed by atoms with Gasteiger partial charge in [-0.15, -0.1) is 11.3 Å². The van der Waals surface area contributed by atoms with Crippen molar-refractivity contribution in [3.8, 4) is 22.2 Å². The average molecular weight is 422 g/mol. The first-order valence-electron chi connectivity index (χ1n) is 11.2. The lowest BCUT2D eigenvalue weighted by atomic mass is 9.95. The highest BCUT2D eigenvalue weighted by molar-refractivity contribution is 7.15. The molecule has 0 bridgehead atoms. The number of nitrogens with zero attached hydrogens (tertiary/aromatic N) is 2. The number of anilines is 1. The highest BCUT2D eigenvalue weighted by atomic mass is 32.1. The van der Waals surface area contributed by atoms with E-state index in [1.54, 1.807) is 5.56 Å². The molecule has 5 heteroatoms. The Morgan fingerprint density at radius 3 is 2.37 bits per heavy atom. The molecule has 2 saturated carbocycles. The fraction of sp³-hybridized carbons (Fsp3) is 0.520. The lowest BCUT2D eigenvalue weighted by molar-refractivity contribution is 0.432. The second kappa shape index (κ2) is 7.52. The Balaban J connectivity index is 0.000000340. The summed E-state index contributed by atoms with van der Waals surface area (Å²) < 4.78 is 5.55. The van der Waals surface area contributed by atoms with Gasteiger partial charge in [-0.2, -0.15) is 4.98 Å². The van der Waals surface area contributed by atoms with Crippen LogP contribution in [0.1, 0.15) is 67.9 Å². The molecule has 0 spiro atoms. The summed E-state index contributed by atoms with van der Waals surface area (Å²) in [5.41, 5.74) is 5.52. The second-order valence-electron chi connectivity index (χ2n) is 9.51. The van der Waals surface area contributed by atoms with E-state index >= 15 is 0 Å². The number of rotatable bonds is 3. The molecule has 1 aromatic carbocycles. The van der Waals surface area contributed by atoms with Crippen molar-refractivity contribution in [3.63, 3.8) is 0 Å². The van der Waals surface area contributed by atoms with Gasteiger partial charge in [0.15, 0.2) is 0 Å². The first kappa shape index (κ1) is 19.8. The second-order valence-corrected chi connectivity index (χ2v) is 10.7. The molecule has 2 unspecified atom stereocenters. The van der Waals surface area contributed by atoms with E-state index in [-0.39, 0.29) is 0 Å². The molecule has 4 nitrogen and oxygen atoms in total. The zero-order chi connectivity index (χ0) is 20.9. The number of aromatic nitrogens is 2. The van der Waals surface area contributed by atoms with Gasteiger partial charge in [0, 0.05) is 23.2 Å². The highest BCUT2D eigenvalue weighted by Gasteiger charge is 2.63. The minimum Gasteiger partial charge on any atom is -0.388 e. The molecule has 2 heterocycles. The zero-order valence-corrected chi connectivity index (χ0v) is 19.2. The summed E-state index contributed by atoms with van der Waals surface area (Å²) in [6.45, 7) is 7.02. The summed E-state index contributed by atoms with van der Waals surface area (Å²) in [7, 11) is 1.91. The molecule has 0 amide bonds. The standard InChI is InChI=1S/C20H21N3OS.C5H10/c1-10-15-13(9-14-16(15)20(14,2)3)17(25-10)18-22-19(24-23-18)11-5-7-12(21-4)8-6-11;1-2-4-5-3-1/h5-8,14,16,21H,9H2,1-4H3;1-5H2. The third-order valence-corrected chi connectivity index (χ3v) is 8.48. The van der Waals surface area contributed by atoms with Crippen LogP contribution in [0.15, 0.2) is 28.8 Å². The van der Waals surface area contributed by atoms with E-state index in [9.17, 15) is 0 Å². The summed E-state index contributed by atoms with van der Waals surface area (Å²) >= 11 is 1.82. The number of aryl methyl sites for hydroxylation is 1. The van der Waals surface area contributed by atoms with Gasteiger partial charge in [0.25, 0.3) is 5.89 Å². The van der Waals surface area contributed by atoms with Crippen LogP contribution in [-0.4, -0.2) is 17.2 Å². The summed E-state index contributed by atoms with van der Waals surface area (Å²) in [6, 6.07) is 8.04. The Kier molecular flexibility index (Phi) is 4.97. The predicted molar refractivity (Wildman–Crippen MR) is 124 cm³/mol. The van der Waals surface area contributed by atoms with Crippen LogP contribution in [0.3, 0.4) is 0 Å². The summed E-state index contributed by atoms with van der Waals surface area (Å²) in [5.74, 6) is 2.85. The van der Waals surface area contributed by atoms with Crippen LogP contribution in [0.25, 0.3) is 22.2 Å². The Labute approximate surface area is 183 Å². The van der Waals surface area contributed by atoms with Gasteiger partial charge >= 0.3 is 0 Å². The van der Waals surface area contributed by atoms with E-state index in [0.29, 0.717) is 11.3 Å². The number of hydrogen-bond acceptors (Lipinski definition) is 5. The van der Waals surface area contributed by atoms with Gasteiger partial charge in [-0.05, 0) is 66.0 Å². The molecule has 0 aliphatic heterocycles. The third-order valence-electron chi connectivity index (χ3n) is 7.32. The van der Waals surface area contributed by atoms with Crippen molar-refractivity contribution in [3.05, 3.63) is 40.3 Å². The molecule has 3 aromatic rings. The number of fused-ring (bicyclic) bond motifs is 3. The predicted octanol–water partition coefficient (Wildman–Crippen LogP) is 7.06. The van der Waals surface area contributed by atoms with Gasteiger partial charge in [0.2, 0.25) is 5.82 Å². The maximum atomic E-state index is 5.55. The van der Waals surface area contributed by atoms with Gasteiger partial charge in [-0.1, -0.05) is 51.1 Å². The number of thiophene rings is 1. The molecule has 0 radical (unpaired) electrons. The fourth-order valence-corrected chi connectivity index (χ4v) is 6.57. The van der Waals surface area contributed by atoms with E-state index in [1.807, 2.05) is 42.6 Å². The fourth-order valence-electron chi connectivity index (χ4n) is 5.41. The maximum absolute atomic E-state index is 5.55. The van der Waals surface area contributed by atoms with Gasteiger partial charge < -0.3 is 9.84 Å². The number of benzene rings is 1. The van der Waals surface area contributed by atoms with E-state index in [4.69, 9.17) is 4.52 Å². The van der Waals surface area contributed by atoms with Crippen molar-refractivity contribution in [2.24, 2.45) is 11.3 Å². The van der Waals surface area contributed by atoms with Gasteiger partial charge in [-0.25, -0.2) is 0 Å². The van der Waals surface area contributed by atoms with Gasteiger partial charge in [0.1, 0.15) is 0 Å². The van der Waals surface area contributed by atoms with Crippen LogP contribution < -0.4 is 5.32 Å². The molecule has 0 saturated heterocycles.